The van der Waals surface area contributed by atoms with Gasteiger partial charge in [-0.2, -0.15) is 0 Å². The van der Waals surface area contributed by atoms with Gasteiger partial charge in [-0.15, -0.1) is 0 Å². The van der Waals surface area contributed by atoms with Gasteiger partial charge in [0.25, 0.3) is 0 Å². The zero-order valence-electron chi connectivity index (χ0n) is 10.1. The molecule has 0 atom stereocenters. The van der Waals surface area contributed by atoms with E-state index in [1.165, 1.54) is 17.7 Å². The molecule has 0 unspecified atom stereocenters. The monoisotopic (exact) mass is 245 g/mol. The lowest BCUT2D eigenvalue weighted by molar-refractivity contribution is 0.312. The number of nitrogens with two attached hydrogens (primary N) is 1. The molecule has 0 saturated heterocycles. The summed E-state index contributed by atoms with van der Waals surface area (Å²) in [6, 6.07) is 14.4. The van der Waals surface area contributed by atoms with E-state index in [1.54, 1.807) is 6.07 Å². The molecule has 2 nitrogen and oxygen atoms in total. The fourth-order valence-electron chi connectivity index (χ4n) is 1.75. The quantitative estimate of drug-likeness (QED) is 0.647. The van der Waals surface area contributed by atoms with Gasteiger partial charge >= 0.3 is 0 Å². The first kappa shape index (κ1) is 12.4. The van der Waals surface area contributed by atoms with Gasteiger partial charge in [0, 0.05) is 6.07 Å². The molecular formula is C15H16FNO. The minimum Gasteiger partial charge on any atom is -0.491 e. The molecule has 2 rings (SSSR count). The Morgan fingerprint density at radius 3 is 2.56 bits per heavy atom. The van der Waals surface area contributed by atoms with Crippen molar-refractivity contribution in [3.63, 3.8) is 0 Å². The van der Waals surface area contributed by atoms with Crippen molar-refractivity contribution in [1.82, 2.24) is 0 Å². The number of benzene rings is 2. The topological polar surface area (TPSA) is 35.2 Å². The summed E-state index contributed by atoms with van der Waals surface area (Å²) in [7, 11) is 0. The number of anilines is 1. The van der Waals surface area contributed by atoms with Crippen molar-refractivity contribution >= 4 is 5.69 Å². The van der Waals surface area contributed by atoms with Crippen molar-refractivity contribution in [2.45, 2.75) is 12.8 Å². The number of ether oxygens (including phenoxy) is 1. The molecule has 0 radical (unpaired) electrons. The summed E-state index contributed by atoms with van der Waals surface area (Å²) >= 11 is 0. The highest BCUT2D eigenvalue weighted by molar-refractivity contribution is 5.52. The van der Waals surface area contributed by atoms with Crippen LogP contribution in [0.25, 0.3) is 0 Å². The second kappa shape index (κ2) is 6.05. The second-order valence-electron chi connectivity index (χ2n) is 4.12. The normalized spacial score (nSPS) is 10.3. The van der Waals surface area contributed by atoms with Gasteiger partial charge in [0.2, 0.25) is 0 Å². The highest BCUT2D eigenvalue weighted by atomic mass is 19.1. The van der Waals surface area contributed by atoms with E-state index >= 15 is 0 Å². The third-order valence-corrected chi connectivity index (χ3v) is 2.68. The average Bonchev–Trinajstić information content (AvgIpc) is 2.38. The molecule has 18 heavy (non-hydrogen) atoms. The maximum absolute atomic E-state index is 12.8. The fourth-order valence-corrected chi connectivity index (χ4v) is 1.75. The van der Waals surface area contributed by atoms with Gasteiger partial charge in [0.15, 0.2) is 0 Å². The lowest BCUT2D eigenvalue weighted by Crippen LogP contribution is -2.02. The van der Waals surface area contributed by atoms with Crippen LogP contribution >= 0.6 is 0 Å². The Labute approximate surface area is 106 Å². The van der Waals surface area contributed by atoms with Gasteiger partial charge in [-0.3, -0.25) is 0 Å². The smallest absolute Gasteiger partial charge is 0.142 e. The zero-order valence-corrected chi connectivity index (χ0v) is 10.1. The second-order valence-corrected chi connectivity index (χ2v) is 4.12. The number of hydrogen-bond acceptors (Lipinski definition) is 2. The molecular weight excluding hydrogens is 229 g/mol. The first-order valence-corrected chi connectivity index (χ1v) is 5.97. The highest BCUT2D eigenvalue weighted by Gasteiger charge is 2.01. The number of hydrogen-bond donors (Lipinski definition) is 1. The predicted octanol–water partition coefficient (Wildman–Crippen LogP) is 3.42. The molecule has 0 bridgehead atoms. The standard InChI is InChI=1S/C15H16FNO/c16-13-8-9-15(14(17)11-13)18-10-4-7-12-5-2-1-3-6-12/h1-3,5-6,8-9,11H,4,7,10,17H2. The first-order chi connectivity index (χ1) is 8.75. The van der Waals surface area contributed by atoms with E-state index in [2.05, 4.69) is 12.1 Å². The van der Waals surface area contributed by atoms with Crippen LogP contribution in [0.5, 0.6) is 5.75 Å². The van der Waals surface area contributed by atoms with Crippen LogP contribution in [0.15, 0.2) is 48.5 Å². The van der Waals surface area contributed by atoms with Crippen molar-refractivity contribution in [1.29, 1.82) is 0 Å². The number of nitrogen functional groups attached to an aromatic ring is 1. The Kier molecular flexibility index (Phi) is 4.18. The molecule has 0 aliphatic heterocycles. The van der Waals surface area contributed by atoms with Gasteiger partial charge in [-0.05, 0) is 30.5 Å². The minimum atomic E-state index is -0.343. The molecule has 0 aliphatic rings. The van der Waals surface area contributed by atoms with E-state index in [0.717, 1.165) is 12.8 Å². The van der Waals surface area contributed by atoms with Crippen LogP contribution in [0.1, 0.15) is 12.0 Å². The van der Waals surface area contributed by atoms with E-state index in [0.29, 0.717) is 18.0 Å². The summed E-state index contributed by atoms with van der Waals surface area (Å²) in [5.74, 6) is 0.202. The van der Waals surface area contributed by atoms with Gasteiger partial charge in [-0.25, -0.2) is 4.39 Å². The number of aryl methyl sites for hydroxylation is 1. The third kappa shape index (κ3) is 3.48. The molecule has 0 heterocycles. The maximum Gasteiger partial charge on any atom is 0.142 e. The van der Waals surface area contributed by atoms with Crippen molar-refractivity contribution < 1.29 is 9.13 Å². The molecule has 2 aromatic carbocycles. The number of halogens is 1. The van der Waals surface area contributed by atoms with E-state index in [9.17, 15) is 4.39 Å². The third-order valence-electron chi connectivity index (χ3n) is 2.68. The molecule has 2 N–H and O–H groups in total. The van der Waals surface area contributed by atoms with E-state index < -0.39 is 0 Å². The van der Waals surface area contributed by atoms with Gasteiger partial charge in [-0.1, -0.05) is 30.3 Å². The Bertz CT molecular complexity index is 499. The minimum absolute atomic E-state index is 0.342. The van der Waals surface area contributed by atoms with Crippen LogP contribution in [0.4, 0.5) is 10.1 Å². The van der Waals surface area contributed by atoms with Gasteiger partial charge in [0.1, 0.15) is 11.6 Å². The summed E-state index contributed by atoms with van der Waals surface area (Å²) < 4.78 is 18.3. The van der Waals surface area contributed by atoms with Crippen molar-refractivity contribution in [3.05, 3.63) is 59.9 Å². The molecule has 0 aliphatic carbocycles. The Morgan fingerprint density at radius 2 is 1.83 bits per heavy atom. The molecule has 0 spiro atoms. The van der Waals surface area contributed by atoms with Gasteiger partial charge < -0.3 is 10.5 Å². The highest BCUT2D eigenvalue weighted by Crippen LogP contribution is 2.21. The van der Waals surface area contributed by atoms with Crippen molar-refractivity contribution in [3.8, 4) is 5.75 Å². The lowest BCUT2D eigenvalue weighted by atomic mass is 10.1. The average molecular weight is 245 g/mol. The molecule has 0 saturated carbocycles. The molecule has 2 aromatic rings. The first-order valence-electron chi connectivity index (χ1n) is 5.97. The van der Waals surface area contributed by atoms with Crippen LogP contribution in [0.3, 0.4) is 0 Å². The van der Waals surface area contributed by atoms with Crippen LogP contribution in [0.2, 0.25) is 0 Å². The van der Waals surface area contributed by atoms with Gasteiger partial charge in [0.05, 0.1) is 12.3 Å². The fraction of sp³-hybridized carbons (Fsp3) is 0.200. The summed E-state index contributed by atoms with van der Waals surface area (Å²) in [6.45, 7) is 0.574. The Hall–Kier alpha value is -2.03. The predicted molar refractivity (Wildman–Crippen MR) is 71.1 cm³/mol. The van der Waals surface area contributed by atoms with Crippen molar-refractivity contribution in [2.24, 2.45) is 0 Å². The van der Waals surface area contributed by atoms with E-state index in [4.69, 9.17) is 10.5 Å². The molecule has 0 fully saturated rings. The lowest BCUT2D eigenvalue weighted by Gasteiger charge is -2.08. The molecule has 0 aromatic heterocycles. The Morgan fingerprint density at radius 1 is 1.06 bits per heavy atom. The van der Waals surface area contributed by atoms with Crippen LogP contribution in [0, 0.1) is 5.82 Å². The largest absolute Gasteiger partial charge is 0.491 e. The SMILES string of the molecule is Nc1cc(F)ccc1OCCCc1ccccc1. The molecule has 3 heteroatoms. The maximum atomic E-state index is 12.8. The zero-order chi connectivity index (χ0) is 12.8. The summed E-state index contributed by atoms with van der Waals surface area (Å²) in [6.07, 6.45) is 1.86. The summed E-state index contributed by atoms with van der Waals surface area (Å²) in [5.41, 5.74) is 7.28. The molecule has 0 amide bonds. The van der Waals surface area contributed by atoms with Crippen LogP contribution in [-0.2, 0) is 6.42 Å². The summed E-state index contributed by atoms with van der Waals surface area (Å²) in [4.78, 5) is 0. The molecule has 94 valence electrons. The summed E-state index contributed by atoms with van der Waals surface area (Å²) in [5, 5.41) is 0. The van der Waals surface area contributed by atoms with E-state index in [1.807, 2.05) is 18.2 Å². The van der Waals surface area contributed by atoms with E-state index in [-0.39, 0.29) is 5.82 Å². The number of rotatable bonds is 5. The van der Waals surface area contributed by atoms with Crippen LogP contribution in [-0.4, -0.2) is 6.61 Å². The Balaban J connectivity index is 1.79. The van der Waals surface area contributed by atoms with Crippen molar-refractivity contribution in [2.75, 3.05) is 12.3 Å². The van der Waals surface area contributed by atoms with Crippen LogP contribution < -0.4 is 10.5 Å².